The van der Waals surface area contributed by atoms with Crippen LogP contribution in [0.5, 0.6) is 0 Å². The first kappa shape index (κ1) is 9.13. The van der Waals surface area contributed by atoms with Crippen molar-refractivity contribution in [2.75, 3.05) is 0 Å². The van der Waals surface area contributed by atoms with Crippen molar-refractivity contribution in [2.45, 2.75) is 26.7 Å². The molecule has 2 heteroatoms. The highest BCUT2D eigenvalue weighted by atomic mass is 14.8. The van der Waals surface area contributed by atoms with Gasteiger partial charge in [-0.2, -0.15) is 0 Å². The molecule has 0 amide bonds. The second-order valence-corrected chi connectivity index (χ2v) is 3.89. The number of hydrogen-bond donors (Lipinski definition) is 0. The fraction of sp³-hybridized carbons (Fsp3) is 0.333. The fourth-order valence-electron chi connectivity index (χ4n) is 1.55. The zero-order valence-corrected chi connectivity index (χ0v) is 8.78. The molecule has 0 atom stereocenters. The molecule has 2 aromatic rings. The molecule has 72 valence electrons. The Morgan fingerprint density at radius 1 is 1.29 bits per heavy atom. The molecule has 0 aliphatic carbocycles. The van der Waals surface area contributed by atoms with Crippen LogP contribution in [0.1, 0.15) is 31.0 Å². The van der Waals surface area contributed by atoms with Crippen LogP contribution in [-0.4, -0.2) is 9.97 Å². The highest BCUT2D eigenvalue weighted by Gasteiger charge is 2.05. The molecular weight excluding hydrogens is 172 g/mol. The summed E-state index contributed by atoms with van der Waals surface area (Å²) in [5.41, 5.74) is 4.36. The fourth-order valence-corrected chi connectivity index (χ4v) is 1.55. The molecule has 0 spiro atoms. The summed E-state index contributed by atoms with van der Waals surface area (Å²) in [5, 5.41) is 0. The van der Waals surface area contributed by atoms with Gasteiger partial charge in [-0.15, -0.1) is 0 Å². The summed E-state index contributed by atoms with van der Waals surface area (Å²) in [4.78, 5) is 8.89. The Balaban J connectivity index is 2.72. The van der Waals surface area contributed by atoms with Crippen molar-refractivity contribution >= 4 is 11.0 Å². The standard InChI is InChI=1S/C12H14N2/c1-8(2)11-7-9(3)12-10(14-11)5-4-6-13-12/h4-8H,1-3H3. The van der Waals surface area contributed by atoms with E-state index in [2.05, 4.69) is 36.8 Å². The molecule has 0 N–H and O–H groups in total. The first-order chi connectivity index (χ1) is 6.68. The van der Waals surface area contributed by atoms with E-state index in [0.29, 0.717) is 5.92 Å². The van der Waals surface area contributed by atoms with Gasteiger partial charge < -0.3 is 0 Å². The Morgan fingerprint density at radius 3 is 2.79 bits per heavy atom. The number of fused-ring (bicyclic) bond motifs is 1. The van der Waals surface area contributed by atoms with Crippen molar-refractivity contribution in [2.24, 2.45) is 0 Å². The maximum atomic E-state index is 4.57. The van der Waals surface area contributed by atoms with Crippen LogP contribution in [-0.2, 0) is 0 Å². The SMILES string of the molecule is Cc1cc(C(C)C)nc2cccnc12. The molecule has 2 aromatic heterocycles. The second kappa shape index (κ2) is 3.37. The topological polar surface area (TPSA) is 25.8 Å². The second-order valence-electron chi connectivity index (χ2n) is 3.89. The van der Waals surface area contributed by atoms with E-state index in [1.54, 1.807) is 0 Å². The molecule has 0 aromatic carbocycles. The third kappa shape index (κ3) is 1.48. The van der Waals surface area contributed by atoms with E-state index in [0.717, 1.165) is 16.7 Å². The minimum Gasteiger partial charge on any atom is -0.254 e. The first-order valence-corrected chi connectivity index (χ1v) is 4.91. The monoisotopic (exact) mass is 186 g/mol. The molecule has 0 saturated heterocycles. The van der Waals surface area contributed by atoms with Gasteiger partial charge in [0.2, 0.25) is 0 Å². The highest BCUT2D eigenvalue weighted by molar-refractivity contribution is 5.77. The third-order valence-electron chi connectivity index (χ3n) is 2.37. The Kier molecular flexibility index (Phi) is 2.20. The van der Waals surface area contributed by atoms with E-state index in [1.807, 2.05) is 18.3 Å². The summed E-state index contributed by atoms with van der Waals surface area (Å²) in [6.45, 7) is 6.40. The van der Waals surface area contributed by atoms with E-state index in [4.69, 9.17) is 0 Å². The smallest absolute Gasteiger partial charge is 0.0915 e. The summed E-state index contributed by atoms with van der Waals surface area (Å²) in [7, 11) is 0. The average Bonchev–Trinajstić information content (AvgIpc) is 2.17. The van der Waals surface area contributed by atoms with Gasteiger partial charge in [-0.25, -0.2) is 0 Å². The predicted octanol–water partition coefficient (Wildman–Crippen LogP) is 3.06. The Bertz CT molecular complexity index is 461. The Hall–Kier alpha value is -1.44. The lowest BCUT2D eigenvalue weighted by Crippen LogP contribution is -1.95. The van der Waals surface area contributed by atoms with Crippen LogP contribution in [0, 0.1) is 6.92 Å². The quantitative estimate of drug-likeness (QED) is 0.684. The van der Waals surface area contributed by atoms with E-state index >= 15 is 0 Å². The molecule has 0 saturated carbocycles. The summed E-state index contributed by atoms with van der Waals surface area (Å²) in [5.74, 6) is 0.471. The minimum absolute atomic E-state index is 0.471. The molecule has 0 aliphatic heterocycles. The van der Waals surface area contributed by atoms with E-state index in [-0.39, 0.29) is 0 Å². The molecule has 0 fully saturated rings. The largest absolute Gasteiger partial charge is 0.254 e. The van der Waals surface area contributed by atoms with Gasteiger partial charge in [0.15, 0.2) is 0 Å². The Labute approximate surface area is 84.0 Å². The van der Waals surface area contributed by atoms with Crippen molar-refractivity contribution in [3.05, 3.63) is 35.7 Å². The summed E-state index contributed by atoms with van der Waals surface area (Å²) in [6.07, 6.45) is 1.81. The van der Waals surface area contributed by atoms with Gasteiger partial charge in [-0.1, -0.05) is 13.8 Å². The summed E-state index contributed by atoms with van der Waals surface area (Å²) in [6, 6.07) is 6.07. The zero-order valence-electron chi connectivity index (χ0n) is 8.78. The van der Waals surface area contributed by atoms with Crippen LogP contribution in [0.3, 0.4) is 0 Å². The van der Waals surface area contributed by atoms with Crippen molar-refractivity contribution < 1.29 is 0 Å². The first-order valence-electron chi connectivity index (χ1n) is 4.91. The number of nitrogens with zero attached hydrogens (tertiary/aromatic N) is 2. The van der Waals surface area contributed by atoms with Gasteiger partial charge >= 0.3 is 0 Å². The maximum Gasteiger partial charge on any atom is 0.0915 e. The lowest BCUT2D eigenvalue weighted by molar-refractivity contribution is 0.827. The maximum absolute atomic E-state index is 4.57. The van der Waals surface area contributed by atoms with Crippen molar-refractivity contribution in [1.29, 1.82) is 0 Å². The average molecular weight is 186 g/mol. The molecule has 0 radical (unpaired) electrons. The van der Waals surface area contributed by atoms with Crippen molar-refractivity contribution in [3.63, 3.8) is 0 Å². The van der Waals surface area contributed by atoms with Crippen molar-refractivity contribution in [1.82, 2.24) is 9.97 Å². The van der Waals surface area contributed by atoms with Crippen LogP contribution in [0.25, 0.3) is 11.0 Å². The number of hydrogen-bond acceptors (Lipinski definition) is 2. The molecule has 0 aliphatic rings. The van der Waals surface area contributed by atoms with Gasteiger partial charge in [-0.3, -0.25) is 9.97 Å². The van der Waals surface area contributed by atoms with Crippen molar-refractivity contribution in [3.8, 4) is 0 Å². The lowest BCUT2D eigenvalue weighted by atomic mass is 10.1. The highest BCUT2D eigenvalue weighted by Crippen LogP contribution is 2.19. The molecule has 2 heterocycles. The van der Waals surface area contributed by atoms with Crippen LogP contribution < -0.4 is 0 Å². The minimum atomic E-state index is 0.471. The number of pyridine rings is 2. The molecular formula is C12H14N2. The van der Waals surface area contributed by atoms with Crippen LogP contribution in [0.15, 0.2) is 24.4 Å². The van der Waals surface area contributed by atoms with Crippen LogP contribution >= 0.6 is 0 Å². The molecule has 2 rings (SSSR count). The summed E-state index contributed by atoms with van der Waals surface area (Å²) < 4.78 is 0. The number of aryl methyl sites for hydroxylation is 1. The lowest BCUT2D eigenvalue weighted by Gasteiger charge is -2.07. The normalized spacial score (nSPS) is 11.1. The van der Waals surface area contributed by atoms with Crippen LogP contribution in [0.4, 0.5) is 0 Å². The van der Waals surface area contributed by atoms with Crippen LogP contribution in [0.2, 0.25) is 0 Å². The van der Waals surface area contributed by atoms with E-state index in [9.17, 15) is 0 Å². The molecule has 14 heavy (non-hydrogen) atoms. The molecule has 2 nitrogen and oxygen atoms in total. The predicted molar refractivity (Wildman–Crippen MR) is 58.4 cm³/mol. The summed E-state index contributed by atoms with van der Waals surface area (Å²) >= 11 is 0. The molecule has 0 unspecified atom stereocenters. The van der Waals surface area contributed by atoms with E-state index < -0.39 is 0 Å². The van der Waals surface area contributed by atoms with Gasteiger partial charge in [0.25, 0.3) is 0 Å². The number of aromatic nitrogens is 2. The molecule has 0 bridgehead atoms. The third-order valence-corrected chi connectivity index (χ3v) is 2.37. The van der Waals surface area contributed by atoms with Gasteiger partial charge in [0.05, 0.1) is 11.0 Å². The van der Waals surface area contributed by atoms with Gasteiger partial charge in [0.1, 0.15) is 0 Å². The van der Waals surface area contributed by atoms with Gasteiger partial charge in [-0.05, 0) is 36.6 Å². The number of rotatable bonds is 1. The van der Waals surface area contributed by atoms with Gasteiger partial charge in [0, 0.05) is 11.9 Å². The zero-order chi connectivity index (χ0) is 10.1. The van der Waals surface area contributed by atoms with E-state index in [1.165, 1.54) is 5.56 Å². The Morgan fingerprint density at radius 2 is 2.07 bits per heavy atom.